The maximum absolute atomic E-state index is 11.0. The Labute approximate surface area is 138 Å². The number of methoxy groups -OCH3 is 1. The number of hydrogen-bond acceptors (Lipinski definition) is 6. The van der Waals surface area contributed by atoms with Gasteiger partial charge in [-0.25, -0.2) is 9.97 Å². The first-order valence-electron chi connectivity index (χ1n) is 7.27. The van der Waals surface area contributed by atoms with Crippen molar-refractivity contribution in [3.8, 4) is 17.2 Å². The van der Waals surface area contributed by atoms with Gasteiger partial charge in [0.25, 0.3) is 0 Å². The molecule has 1 amide bonds. The first kappa shape index (κ1) is 15.5. The lowest BCUT2D eigenvalue weighted by molar-refractivity contribution is -0.105. The summed E-state index contributed by atoms with van der Waals surface area (Å²) in [5, 5.41) is 5.84. The lowest BCUT2D eigenvalue weighted by Crippen LogP contribution is -2.08. The van der Waals surface area contributed by atoms with Gasteiger partial charge in [-0.2, -0.15) is 0 Å². The van der Waals surface area contributed by atoms with Crippen molar-refractivity contribution in [2.24, 2.45) is 0 Å². The Morgan fingerprint density at radius 1 is 1.21 bits per heavy atom. The predicted molar refractivity (Wildman–Crippen MR) is 89.7 cm³/mol. The van der Waals surface area contributed by atoms with Gasteiger partial charge in [-0.1, -0.05) is 12.1 Å². The average Bonchev–Trinajstić information content (AvgIpc) is 3.16. The van der Waals surface area contributed by atoms with E-state index in [2.05, 4.69) is 20.6 Å². The summed E-state index contributed by atoms with van der Waals surface area (Å²) in [5.41, 5.74) is 2.03. The van der Waals surface area contributed by atoms with Gasteiger partial charge in [0.05, 0.1) is 13.4 Å². The number of carbonyl (C=O) groups is 1. The summed E-state index contributed by atoms with van der Waals surface area (Å²) in [6.07, 6.45) is 3.56. The van der Waals surface area contributed by atoms with Crippen LogP contribution in [0, 0.1) is 0 Å². The lowest BCUT2D eigenvalue weighted by Gasteiger charge is -2.12. The zero-order valence-corrected chi connectivity index (χ0v) is 13.0. The average molecular weight is 324 g/mol. The van der Waals surface area contributed by atoms with E-state index in [4.69, 9.17) is 9.15 Å². The summed E-state index contributed by atoms with van der Waals surface area (Å²) in [6.45, 7) is 0.534. The Hall–Kier alpha value is -3.35. The first-order valence-corrected chi connectivity index (χ1v) is 7.27. The number of rotatable bonds is 7. The third-order valence-electron chi connectivity index (χ3n) is 3.42. The molecule has 7 heteroatoms. The summed E-state index contributed by atoms with van der Waals surface area (Å²) < 4.78 is 10.5. The minimum atomic E-state index is 0.468. The van der Waals surface area contributed by atoms with E-state index in [0.717, 1.165) is 11.3 Å². The van der Waals surface area contributed by atoms with E-state index in [1.165, 1.54) is 6.33 Å². The third kappa shape index (κ3) is 3.35. The summed E-state index contributed by atoms with van der Waals surface area (Å²) in [6, 6.07) is 11.2. The summed E-state index contributed by atoms with van der Waals surface area (Å²) >= 11 is 0. The molecule has 0 atom stereocenters. The molecular weight excluding hydrogens is 308 g/mol. The molecule has 0 bridgehead atoms. The molecule has 122 valence electrons. The highest BCUT2D eigenvalue weighted by Gasteiger charge is 2.14. The smallest absolute Gasteiger partial charge is 0.211 e. The van der Waals surface area contributed by atoms with E-state index in [1.807, 2.05) is 24.3 Å². The van der Waals surface area contributed by atoms with E-state index in [1.54, 1.807) is 25.5 Å². The van der Waals surface area contributed by atoms with Crippen molar-refractivity contribution >= 4 is 17.9 Å². The van der Waals surface area contributed by atoms with Gasteiger partial charge in [-0.15, -0.1) is 0 Å². The monoisotopic (exact) mass is 324 g/mol. The van der Waals surface area contributed by atoms with Gasteiger partial charge in [0.1, 0.15) is 23.5 Å². The molecule has 0 aliphatic rings. The van der Waals surface area contributed by atoms with Crippen LogP contribution in [-0.4, -0.2) is 23.5 Å². The van der Waals surface area contributed by atoms with Crippen LogP contribution in [0.4, 0.5) is 11.5 Å². The molecule has 3 aromatic rings. The fourth-order valence-corrected chi connectivity index (χ4v) is 2.24. The summed E-state index contributed by atoms with van der Waals surface area (Å²) in [5.74, 6) is 1.86. The number of anilines is 2. The van der Waals surface area contributed by atoms with Crippen LogP contribution in [0.1, 0.15) is 5.56 Å². The van der Waals surface area contributed by atoms with Gasteiger partial charge in [0, 0.05) is 6.54 Å². The fourth-order valence-electron chi connectivity index (χ4n) is 2.24. The number of furan rings is 1. The standard InChI is InChI=1S/C17H16N4O3/c1-23-13-6-4-12(5-7-13)9-18-17-16(21-11-22)15(19-10-20-17)14-3-2-8-24-14/h2-8,10-11H,9H2,1H3,(H,21,22)(H,18,19,20). The minimum absolute atomic E-state index is 0.468. The van der Waals surface area contributed by atoms with E-state index in [0.29, 0.717) is 35.9 Å². The Balaban J connectivity index is 1.84. The molecule has 0 saturated carbocycles. The number of benzene rings is 1. The van der Waals surface area contributed by atoms with Crippen LogP contribution in [0.25, 0.3) is 11.5 Å². The zero-order chi connectivity index (χ0) is 16.8. The van der Waals surface area contributed by atoms with E-state index >= 15 is 0 Å². The number of nitrogens with zero attached hydrogens (tertiary/aromatic N) is 2. The van der Waals surface area contributed by atoms with E-state index in [9.17, 15) is 4.79 Å². The van der Waals surface area contributed by atoms with Crippen LogP contribution in [-0.2, 0) is 11.3 Å². The van der Waals surface area contributed by atoms with Crippen molar-refractivity contribution in [1.82, 2.24) is 9.97 Å². The second-order valence-corrected chi connectivity index (χ2v) is 4.89. The topological polar surface area (TPSA) is 89.3 Å². The van der Waals surface area contributed by atoms with Gasteiger partial charge < -0.3 is 19.8 Å². The predicted octanol–water partition coefficient (Wildman–Crippen LogP) is 2.93. The van der Waals surface area contributed by atoms with Crippen molar-refractivity contribution in [2.45, 2.75) is 6.54 Å². The minimum Gasteiger partial charge on any atom is -0.497 e. The van der Waals surface area contributed by atoms with Crippen LogP contribution in [0.2, 0.25) is 0 Å². The molecule has 0 fully saturated rings. The Kier molecular flexibility index (Phi) is 4.71. The second-order valence-electron chi connectivity index (χ2n) is 4.89. The van der Waals surface area contributed by atoms with Crippen LogP contribution < -0.4 is 15.4 Å². The molecule has 0 aliphatic carbocycles. The molecule has 0 radical (unpaired) electrons. The summed E-state index contributed by atoms with van der Waals surface area (Å²) in [7, 11) is 1.63. The van der Waals surface area contributed by atoms with Crippen molar-refractivity contribution in [2.75, 3.05) is 17.7 Å². The van der Waals surface area contributed by atoms with Crippen molar-refractivity contribution in [3.63, 3.8) is 0 Å². The zero-order valence-electron chi connectivity index (χ0n) is 13.0. The van der Waals surface area contributed by atoms with Gasteiger partial charge in [0.2, 0.25) is 6.41 Å². The van der Waals surface area contributed by atoms with E-state index in [-0.39, 0.29) is 0 Å². The molecule has 0 aliphatic heterocycles. The fraction of sp³-hybridized carbons (Fsp3) is 0.118. The Morgan fingerprint density at radius 3 is 2.71 bits per heavy atom. The normalized spacial score (nSPS) is 10.2. The Bertz CT molecular complexity index is 801. The van der Waals surface area contributed by atoms with Gasteiger partial charge in [0.15, 0.2) is 11.6 Å². The molecule has 2 heterocycles. The van der Waals surface area contributed by atoms with Crippen LogP contribution in [0.5, 0.6) is 5.75 Å². The molecular formula is C17H16N4O3. The maximum Gasteiger partial charge on any atom is 0.211 e. The molecule has 0 spiro atoms. The van der Waals surface area contributed by atoms with Crippen LogP contribution in [0.3, 0.4) is 0 Å². The molecule has 24 heavy (non-hydrogen) atoms. The maximum atomic E-state index is 11.0. The summed E-state index contributed by atoms with van der Waals surface area (Å²) in [4.78, 5) is 19.4. The number of carbonyl (C=O) groups excluding carboxylic acids is 1. The molecule has 1 aromatic carbocycles. The molecule has 3 rings (SSSR count). The van der Waals surface area contributed by atoms with Crippen molar-refractivity contribution in [3.05, 3.63) is 54.6 Å². The quantitative estimate of drug-likeness (QED) is 0.650. The van der Waals surface area contributed by atoms with Crippen molar-refractivity contribution in [1.29, 1.82) is 0 Å². The highest BCUT2D eigenvalue weighted by molar-refractivity contribution is 5.88. The molecule has 7 nitrogen and oxygen atoms in total. The number of ether oxygens (including phenoxy) is 1. The molecule has 2 aromatic heterocycles. The number of hydrogen-bond donors (Lipinski definition) is 2. The second kappa shape index (κ2) is 7.28. The number of aromatic nitrogens is 2. The lowest BCUT2D eigenvalue weighted by atomic mass is 10.2. The number of amides is 1. The largest absolute Gasteiger partial charge is 0.497 e. The number of nitrogens with one attached hydrogen (secondary N) is 2. The van der Waals surface area contributed by atoms with Gasteiger partial charge in [-0.05, 0) is 29.8 Å². The van der Waals surface area contributed by atoms with Gasteiger partial charge in [-0.3, -0.25) is 4.79 Å². The highest BCUT2D eigenvalue weighted by atomic mass is 16.5. The molecule has 2 N–H and O–H groups in total. The SMILES string of the molecule is COc1ccc(CNc2ncnc(-c3ccco3)c2NC=O)cc1. The molecule has 0 saturated heterocycles. The Morgan fingerprint density at radius 2 is 2.04 bits per heavy atom. The van der Waals surface area contributed by atoms with Gasteiger partial charge >= 0.3 is 0 Å². The third-order valence-corrected chi connectivity index (χ3v) is 3.42. The van der Waals surface area contributed by atoms with Crippen LogP contribution in [0.15, 0.2) is 53.4 Å². The van der Waals surface area contributed by atoms with E-state index < -0.39 is 0 Å². The highest BCUT2D eigenvalue weighted by Crippen LogP contribution is 2.31. The van der Waals surface area contributed by atoms with Crippen LogP contribution >= 0.6 is 0 Å². The first-order chi connectivity index (χ1) is 11.8. The van der Waals surface area contributed by atoms with Crippen molar-refractivity contribution < 1.29 is 13.9 Å². The molecule has 0 unspecified atom stereocenters.